The van der Waals surface area contributed by atoms with E-state index in [1.165, 1.54) is 36.9 Å². The van der Waals surface area contributed by atoms with Gasteiger partial charge in [-0.1, -0.05) is 0 Å². The largest absolute Gasteiger partial charge is 0.396 e. The average molecular weight is 241 g/mol. The van der Waals surface area contributed by atoms with Crippen molar-refractivity contribution in [1.29, 1.82) is 0 Å². The predicted octanol–water partition coefficient (Wildman–Crippen LogP) is 1.88. The van der Waals surface area contributed by atoms with Crippen molar-refractivity contribution < 1.29 is 14.8 Å². The molecule has 1 N–H and O–H groups in total. The molecule has 0 aromatic heterocycles. The number of nitro groups is 1. The average Bonchev–Trinajstić information content (AvgIpc) is 2.25. The van der Waals surface area contributed by atoms with Gasteiger partial charge in [-0.05, 0) is 13.0 Å². The molecule has 0 spiro atoms. The van der Waals surface area contributed by atoms with Crippen molar-refractivity contribution in [3.8, 4) is 0 Å². The van der Waals surface area contributed by atoms with Crippen LogP contribution < -0.4 is 0 Å². The van der Waals surface area contributed by atoms with Crippen LogP contribution in [0.25, 0.3) is 0 Å². The standard InChI is InChI=1S/C10H11NO4S/c1-7(13)9-6-8(11(14)15)2-3-10(9)16-5-4-12/h2-3,6,12H,4-5H2,1H3. The molecule has 0 radical (unpaired) electrons. The number of hydrogen-bond donors (Lipinski definition) is 1. The first-order valence-corrected chi connectivity index (χ1v) is 5.58. The summed E-state index contributed by atoms with van der Waals surface area (Å²) in [5.74, 6) is 0.238. The molecule has 0 bridgehead atoms. The minimum Gasteiger partial charge on any atom is -0.396 e. The van der Waals surface area contributed by atoms with Gasteiger partial charge in [0.25, 0.3) is 5.69 Å². The van der Waals surface area contributed by atoms with E-state index >= 15 is 0 Å². The molecule has 0 aliphatic carbocycles. The van der Waals surface area contributed by atoms with Crippen LogP contribution in [0, 0.1) is 10.1 Å². The molecule has 0 amide bonds. The van der Waals surface area contributed by atoms with E-state index in [9.17, 15) is 14.9 Å². The Balaban J connectivity index is 3.09. The fourth-order valence-electron chi connectivity index (χ4n) is 1.19. The number of aliphatic hydroxyl groups excluding tert-OH is 1. The molecule has 6 heteroatoms. The number of hydrogen-bond acceptors (Lipinski definition) is 5. The Bertz CT molecular complexity index is 419. The second-order valence-electron chi connectivity index (χ2n) is 3.07. The fraction of sp³-hybridized carbons (Fsp3) is 0.300. The van der Waals surface area contributed by atoms with Crippen LogP contribution in [0.1, 0.15) is 17.3 Å². The van der Waals surface area contributed by atoms with Crippen molar-refractivity contribution >= 4 is 23.2 Å². The summed E-state index contributed by atoms with van der Waals surface area (Å²) in [6.07, 6.45) is 0. The lowest BCUT2D eigenvalue weighted by Gasteiger charge is -2.05. The number of Topliss-reactive ketones (excluding diaryl/α,β-unsaturated/α-hetero) is 1. The number of carbonyl (C=O) groups is 1. The SMILES string of the molecule is CC(=O)c1cc([N+](=O)[O-])ccc1SCCO. The molecule has 1 aromatic rings. The zero-order valence-corrected chi connectivity index (χ0v) is 9.49. The van der Waals surface area contributed by atoms with E-state index in [2.05, 4.69) is 0 Å². The number of aliphatic hydroxyl groups is 1. The first-order valence-electron chi connectivity index (χ1n) is 4.59. The van der Waals surface area contributed by atoms with Crippen LogP contribution in [0.3, 0.4) is 0 Å². The third-order valence-electron chi connectivity index (χ3n) is 1.90. The molecule has 86 valence electrons. The molecule has 0 aliphatic rings. The van der Waals surface area contributed by atoms with Crippen molar-refractivity contribution in [1.82, 2.24) is 0 Å². The third-order valence-corrected chi connectivity index (χ3v) is 2.96. The van der Waals surface area contributed by atoms with Gasteiger partial charge in [0.1, 0.15) is 0 Å². The number of thioether (sulfide) groups is 1. The minimum absolute atomic E-state index is 0.000993. The molecular formula is C10H11NO4S. The number of rotatable bonds is 5. The third kappa shape index (κ3) is 3.04. The molecule has 5 nitrogen and oxygen atoms in total. The van der Waals surface area contributed by atoms with Crippen LogP contribution in [-0.2, 0) is 0 Å². The van der Waals surface area contributed by atoms with E-state index < -0.39 is 4.92 Å². The lowest BCUT2D eigenvalue weighted by atomic mass is 10.1. The van der Waals surface area contributed by atoms with Gasteiger partial charge in [0, 0.05) is 28.3 Å². The summed E-state index contributed by atoms with van der Waals surface area (Å²) in [6, 6.07) is 4.16. The van der Waals surface area contributed by atoms with Crippen LogP contribution in [0.2, 0.25) is 0 Å². The van der Waals surface area contributed by atoms with Gasteiger partial charge in [0.15, 0.2) is 5.78 Å². The number of carbonyl (C=O) groups excluding carboxylic acids is 1. The molecule has 0 atom stereocenters. The Hall–Kier alpha value is -1.40. The smallest absolute Gasteiger partial charge is 0.270 e. The Morgan fingerprint density at radius 2 is 2.25 bits per heavy atom. The van der Waals surface area contributed by atoms with Crippen molar-refractivity contribution in [3.05, 3.63) is 33.9 Å². The highest BCUT2D eigenvalue weighted by molar-refractivity contribution is 7.99. The molecule has 1 rings (SSSR count). The van der Waals surface area contributed by atoms with Crippen LogP contribution in [0.5, 0.6) is 0 Å². The zero-order valence-electron chi connectivity index (χ0n) is 8.67. The number of nitro benzene ring substituents is 1. The summed E-state index contributed by atoms with van der Waals surface area (Å²) in [7, 11) is 0. The summed E-state index contributed by atoms with van der Waals surface area (Å²) >= 11 is 1.30. The summed E-state index contributed by atoms with van der Waals surface area (Å²) < 4.78 is 0. The molecular weight excluding hydrogens is 230 g/mol. The van der Waals surface area contributed by atoms with Gasteiger partial charge in [-0.3, -0.25) is 14.9 Å². The van der Waals surface area contributed by atoms with Crippen molar-refractivity contribution in [2.45, 2.75) is 11.8 Å². The summed E-state index contributed by atoms with van der Waals surface area (Å²) in [5.41, 5.74) is 0.228. The van der Waals surface area contributed by atoms with Crippen molar-refractivity contribution in [2.24, 2.45) is 0 Å². The lowest BCUT2D eigenvalue weighted by molar-refractivity contribution is -0.384. The van der Waals surface area contributed by atoms with Crippen LogP contribution >= 0.6 is 11.8 Å². The van der Waals surface area contributed by atoms with Gasteiger partial charge >= 0.3 is 0 Å². The monoisotopic (exact) mass is 241 g/mol. The summed E-state index contributed by atoms with van der Waals surface area (Å²) in [4.78, 5) is 22.0. The highest BCUT2D eigenvalue weighted by Crippen LogP contribution is 2.26. The molecule has 0 heterocycles. The molecule has 0 fully saturated rings. The Kier molecular flexibility index (Phi) is 4.45. The number of nitrogens with zero attached hydrogens (tertiary/aromatic N) is 1. The molecule has 16 heavy (non-hydrogen) atoms. The Morgan fingerprint density at radius 1 is 1.56 bits per heavy atom. The molecule has 0 saturated heterocycles. The summed E-state index contributed by atoms with van der Waals surface area (Å²) in [6.45, 7) is 1.36. The maximum Gasteiger partial charge on any atom is 0.270 e. The van der Waals surface area contributed by atoms with E-state index in [0.717, 1.165) is 0 Å². The van der Waals surface area contributed by atoms with Crippen LogP contribution in [0.15, 0.2) is 23.1 Å². The van der Waals surface area contributed by atoms with Crippen LogP contribution in [0.4, 0.5) is 5.69 Å². The van der Waals surface area contributed by atoms with Crippen molar-refractivity contribution in [3.63, 3.8) is 0 Å². The fourth-order valence-corrected chi connectivity index (χ4v) is 2.02. The molecule has 0 saturated carbocycles. The molecule has 0 unspecified atom stereocenters. The molecule has 1 aromatic carbocycles. The van der Waals surface area contributed by atoms with E-state index in [1.54, 1.807) is 0 Å². The number of benzene rings is 1. The van der Waals surface area contributed by atoms with Crippen LogP contribution in [-0.4, -0.2) is 28.2 Å². The second kappa shape index (κ2) is 5.62. The van der Waals surface area contributed by atoms with Gasteiger partial charge in [-0.15, -0.1) is 11.8 Å². The normalized spacial score (nSPS) is 10.1. The quantitative estimate of drug-likeness (QED) is 0.368. The Labute approximate surface area is 96.6 Å². The molecule has 0 aliphatic heterocycles. The number of ketones is 1. The predicted molar refractivity (Wildman–Crippen MR) is 60.9 cm³/mol. The van der Waals surface area contributed by atoms with E-state index in [1.807, 2.05) is 0 Å². The number of non-ortho nitro benzene ring substituents is 1. The highest BCUT2D eigenvalue weighted by Gasteiger charge is 2.13. The van der Waals surface area contributed by atoms with E-state index in [-0.39, 0.29) is 18.1 Å². The minimum atomic E-state index is -0.535. The second-order valence-corrected chi connectivity index (χ2v) is 4.20. The van der Waals surface area contributed by atoms with Gasteiger partial charge in [0.2, 0.25) is 0 Å². The maximum absolute atomic E-state index is 11.3. The lowest BCUT2D eigenvalue weighted by Crippen LogP contribution is -1.99. The van der Waals surface area contributed by atoms with E-state index in [4.69, 9.17) is 5.11 Å². The maximum atomic E-state index is 11.3. The summed E-state index contributed by atoms with van der Waals surface area (Å²) in [5, 5.41) is 19.2. The van der Waals surface area contributed by atoms with Gasteiger partial charge in [-0.2, -0.15) is 0 Å². The van der Waals surface area contributed by atoms with Gasteiger partial charge in [-0.25, -0.2) is 0 Å². The first kappa shape index (κ1) is 12.7. The highest BCUT2D eigenvalue weighted by atomic mass is 32.2. The van der Waals surface area contributed by atoms with Gasteiger partial charge in [0.05, 0.1) is 11.5 Å². The topological polar surface area (TPSA) is 80.4 Å². The first-order chi connectivity index (χ1) is 7.56. The van der Waals surface area contributed by atoms with Gasteiger partial charge < -0.3 is 5.11 Å². The Morgan fingerprint density at radius 3 is 2.75 bits per heavy atom. The van der Waals surface area contributed by atoms with Crippen molar-refractivity contribution in [2.75, 3.05) is 12.4 Å². The van der Waals surface area contributed by atoms with E-state index in [0.29, 0.717) is 16.2 Å². The zero-order chi connectivity index (χ0) is 12.1.